The van der Waals surface area contributed by atoms with Crippen molar-refractivity contribution in [1.29, 1.82) is 0 Å². The fraction of sp³-hybridized carbons (Fsp3) is 0.462. The van der Waals surface area contributed by atoms with Gasteiger partial charge in [0.05, 0.1) is 10.6 Å². The lowest BCUT2D eigenvalue weighted by molar-refractivity contribution is -0.137. The molecule has 2 rings (SSSR count). The molecular weight excluding hydrogens is 293 g/mol. The summed E-state index contributed by atoms with van der Waals surface area (Å²) in [4.78, 5) is 12.0. The van der Waals surface area contributed by atoms with E-state index in [-0.39, 0.29) is 22.5 Å². The van der Waals surface area contributed by atoms with Gasteiger partial charge in [-0.2, -0.15) is 13.2 Å². The number of piperidine rings is 1. The second-order valence-electron chi connectivity index (χ2n) is 4.71. The highest BCUT2D eigenvalue weighted by Crippen LogP contribution is 2.36. The van der Waals surface area contributed by atoms with Gasteiger partial charge in [-0.15, -0.1) is 0 Å². The van der Waals surface area contributed by atoms with Crippen LogP contribution in [0.1, 0.15) is 18.4 Å². The summed E-state index contributed by atoms with van der Waals surface area (Å²) in [6.45, 7) is 1.49. The lowest BCUT2D eigenvalue weighted by Crippen LogP contribution is -2.34. The minimum absolute atomic E-state index is 0.116. The SMILES string of the molecule is O=C(Nc1ccc(Cl)c(C(F)(F)F)c1)C1CCNCC1. The Bertz CT molecular complexity index is 499. The Kier molecular flexibility index (Phi) is 4.55. The number of carbonyl (C=O) groups is 1. The van der Waals surface area contributed by atoms with Gasteiger partial charge in [-0.3, -0.25) is 4.79 Å². The van der Waals surface area contributed by atoms with E-state index >= 15 is 0 Å². The third kappa shape index (κ3) is 3.64. The van der Waals surface area contributed by atoms with Crippen molar-refractivity contribution in [2.45, 2.75) is 19.0 Å². The third-order valence-corrected chi connectivity index (χ3v) is 3.58. The molecule has 1 aromatic rings. The standard InChI is InChI=1S/C13H14ClF3N2O/c14-11-2-1-9(7-10(11)13(15,16)17)19-12(20)8-3-5-18-6-4-8/h1-2,7-8,18H,3-6H2,(H,19,20). The fourth-order valence-corrected chi connectivity index (χ4v) is 2.37. The molecule has 110 valence electrons. The Morgan fingerprint density at radius 3 is 2.55 bits per heavy atom. The van der Waals surface area contributed by atoms with Crippen LogP contribution in [0.25, 0.3) is 0 Å². The van der Waals surface area contributed by atoms with Gasteiger partial charge in [0.25, 0.3) is 0 Å². The lowest BCUT2D eigenvalue weighted by atomic mass is 9.97. The van der Waals surface area contributed by atoms with Crippen LogP contribution in [-0.2, 0) is 11.0 Å². The van der Waals surface area contributed by atoms with Crippen LogP contribution in [0, 0.1) is 5.92 Å². The van der Waals surface area contributed by atoms with Gasteiger partial charge < -0.3 is 10.6 Å². The van der Waals surface area contributed by atoms with Crippen LogP contribution < -0.4 is 10.6 Å². The second-order valence-corrected chi connectivity index (χ2v) is 5.11. The Labute approximate surface area is 119 Å². The van der Waals surface area contributed by atoms with Gasteiger partial charge in [-0.05, 0) is 44.1 Å². The molecule has 0 bridgehead atoms. The smallest absolute Gasteiger partial charge is 0.326 e. The maximum absolute atomic E-state index is 12.7. The molecule has 0 unspecified atom stereocenters. The zero-order chi connectivity index (χ0) is 14.8. The summed E-state index contributed by atoms with van der Waals surface area (Å²) in [6.07, 6.45) is -3.16. The number of benzene rings is 1. The predicted molar refractivity (Wildman–Crippen MR) is 70.7 cm³/mol. The number of anilines is 1. The van der Waals surface area contributed by atoms with Crippen LogP contribution in [-0.4, -0.2) is 19.0 Å². The highest BCUT2D eigenvalue weighted by molar-refractivity contribution is 6.31. The zero-order valence-corrected chi connectivity index (χ0v) is 11.3. The highest BCUT2D eigenvalue weighted by atomic mass is 35.5. The molecule has 0 saturated carbocycles. The lowest BCUT2D eigenvalue weighted by Gasteiger charge is -2.22. The summed E-state index contributed by atoms with van der Waals surface area (Å²) in [6, 6.07) is 3.38. The van der Waals surface area contributed by atoms with E-state index < -0.39 is 11.7 Å². The molecule has 1 aliphatic heterocycles. The molecule has 0 atom stereocenters. The molecule has 0 aromatic heterocycles. The number of carbonyl (C=O) groups excluding carboxylic acids is 1. The summed E-state index contributed by atoms with van der Waals surface area (Å²) in [5, 5.41) is 5.27. The normalized spacial score (nSPS) is 17.0. The number of hydrogen-bond donors (Lipinski definition) is 2. The molecule has 1 fully saturated rings. The maximum atomic E-state index is 12.7. The van der Waals surface area contributed by atoms with Crippen molar-refractivity contribution in [3.05, 3.63) is 28.8 Å². The Hall–Kier alpha value is -1.27. The van der Waals surface area contributed by atoms with Crippen LogP contribution in [0.15, 0.2) is 18.2 Å². The summed E-state index contributed by atoms with van der Waals surface area (Å²) < 4.78 is 38.1. The molecule has 0 radical (unpaired) electrons. The molecule has 1 aromatic carbocycles. The topological polar surface area (TPSA) is 41.1 Å². The first-order valence-electron chi connectivity index (χ1n) is 6.26. The molecule has 1 heterocycles. The van der Waals surface area contributed by atoms with Crippen molar-refractivity contribution in [1.82, 2.24) is 5.32 Å². The number of nitrogens with one attached hydrogen (secondary N) is 2. The fourth-order valence-electron chi connectivity index (χ4n) is 2.15. The van der Waals surface area contributed by atoms with Crippen LogP contribution in [0.3, 0.4) is 0 Å². The minimum Gasteiger partial charge on any atom is -0.326 e. The first kappa shape index (κ1) is 15.1. The van der Waals surface area contributed by atoms with Crippen LogP contribution in [0.2, 0.25) is 5.02 Å². The summed E-state index contributed by atoms with van der Waals surface area (Å²) >= 11 is 5.53. The highest BCUT2D eigenvalue weighted by Gasteiger charge is 2.33. The van der Waals surface area contributed by atoms with E-state index in [0.717, 1.165) is 25.2 Å². The second kappa shape index (κ2) is 6.01. The van der Waals surface area contributed by atoms with Crippen LogP contribution in [0.4, 0.5) is 18.9 Å². The molecule has 1 amide bonds. The maximum Gasteiger partial charge on any atom is 0.417 e. The average molecular weight is 307 g/mol. The zero-order valence-electron chi connectivity index (χ0n) is 10.6. The van der Waals surface area contributed by atoms with Gasteiger partial charge in [0, 0.05) is 11.6 Å². The van der Waals surface area contributed by atoms with Crippen molar-refractivity contribution in [3.8, 4) is 0 Å². The van der Waals surface area contributed by atoms with E-state index in [2.05, 4.69) is 10.6 Å². The molecule has 1 aliphatic rings. The minimum atomic E-state index is -4.54. The average Bonchev–Trinajstić information content (AvgIpc) is 2.40. The van der Waals surface area contributed by atoms with E-state index in [1.807, 2.05) is 0 Å². The molecule has 2 N–H and O–H groups in total. The quantitative estimate of drug-likeness (QED) is 0.880. The van der Waals surface area contributed by atoms with E-state index in [9.17, 15) is 18.0 Å². The van der Waals surface area contributed by atoms with Crippen molar-refractivity contribution in [2.75, 3.05) is 18.4 Å². The molecule has 1 saturated heterocycles. The molecule has 7 heteroatoms. The number of rotatable bonds is 2. The van der Waals surface area contributed by atoms with Gasteiger partial charge >= 0.3 is 6.18 Å². The molecular formula is C13H14ClF3N2O. The first-order chi connectivity index (χ1) is 9.38. The van der Waals surface area contributed by atoms with Crippen molar-refractivity contribution in [2.24, 2.45) is 5.92 Å². The number of amides is 1. The van der Waals surface area contributed by atoms with Gasteiger partial charge in [-0.25, -0.2) is 0 Å². The van der Waals surface area contributed by atoms with Crippen molar-refractivity contribution in [3.63, 3.8) is 0 Å². The predicted octanol–water partition coefficient (Wildman–Crippen LogP) is 3.30. The van der Waals surface area contributed by atoms with E-state index in [4.69, 9.17) is 11.6 Å². The third-order valence-electron chi connectivity index (χ3n) is 3.25. The van der Waals surface area contributed by atoms with Crippen LogP contribution in [0.5, 0.6) is 0 Å². The van der Waals surface area contributed by atoms with Gasteiger partial charge in [0.1, 0.15) is 0 Å². The number of hydrogen-bond acceptors (Lipinski definition) is 2. The summed E-state index contributed by atoms with van der Waals surface area (Å²) in [5.41, 5.74) is -0.826. The Balaban J connectivity index is 2.11. The molecule has 20 heavy (non-hydrogen) atoms. The molecule has 0 aliphatic carbocycles. The molecule has 0 spiro atoms. The van der Waals surface area contributed by atoms with E-state index in [1.165, 1.54) is 6.07 Å². The van der Waals surface area contributed by atoms with Gasteiger partial charge in [0.15, 0.2) is 0 Å². The Morgan fingerprint density at radius 1 is 1.30 bits per heavy atom. The van der Waals surface area contributed by atoms with Crippen LogP contribution >= 0.6 is 11.6 Å². The Morgan fingerprint density at radius 2 is 1.95 bits per heavy atom. The molecule has 3 nitrogen and oxygen atoms in total. The largest absolute Gasteiger partial charge is 0.417 e. The summed E-state index contributed by atoms with van der Waals surface area (Å²) in [7, 11) is 0. The summed E-state index contributed by atoms with van der Waals surface area (Å²) in [5.74, 6) is -0.414. The number of halogens is 4. The van der Waals surface area contributed by atoms with Crippen molar-refractivity contribution >= 4 is 23.2 Å². The van der Waals surface area contributed by atoms with E-state index in [1.54, 1.807) is 0 Å². The van der Waals surface area contributed by atoms with E-state index in [0.29, 0.717) is 12.8 Å². The van der Waals surface area contributed by atoms with Gasteiger partial charge in [-0.1, -0.05) is 11.6 Å². The van der Waals surface area contributed by atoms with Gasteiger partial charge in [0.2, 0.25) is 5.91 Å². The number of alkyl halides is 3. The first-order valence-corrected chi connectivity index (χ1v) is 6.64. The van der Waals surface area contributed by atoms with Crippen molar-refractivity contribution < 1.29 is 18.0 Å². The monoisotopic (exact) mass is 306 g/mol.